The number of aromatic nitrogens is 2. The maximum Gasteiger partial charge on any atom is 0.251 e. The Labute approximate surface area is 153 Å². The summed E-state index contributed by atoms with van der Waals surface area (Å²) < 4.78 is 11.1. The summed E-state index contributed by atoms with van der Waals surface area (Å²) >= 11 is 0. The van der Waals surface area contributed by atoms with E-state index in [4.69, 9.17) is 9.47 Å². The number of morpholine rings is 1. The number of carbonyl (C=O) groups is 1. The minimum atomic E-state index is -0.110. The number of anilines is 1. The van der Waals surface area contributed by atoms with Gasteiger partial charge < -0.3 is 19.7 Å². The van der Waals surface area contributed by atoms with Crippen molar-refractivity contribution in [3.63, 3.8) is 0 Å². The molecule has 0 aliphatic carbocycles. The molecule has 0 bridgehead atoms. The molecule has 138 valence electrons. The van der Waals surface area contributed by atoms with Gasteiger partial charge in [-0.2, -0.15) is 4.98 Å². The fourth-order valence-corrected chi connectivity index (χ4v) is 2.68. The van der Waals surface area contributed by atoms with Crippen molar-refractivity contribution in [1.82, 2.24) is 15.3 Å². The second-order valence-electron chi connectivity index (χ2n) is 6.18. The summed E-state index contributed by atoms with van der Waals surface area (Å²) in [6.45, 7) is 7.60. The van der Waals surface area contributed by atoms with Gasteiger partial charge in [0.1, 0.15) is 18.2 Å². The van der Waals surface area contributed by atoms with Crippen LogP contribution in [0.3, 0.4) is 0 Å². The highest BCUT2D eigenvalue weighted by Crippen LogP contribution is 2.18. The zero-order valence-electron chi connectivity index (χ0n) is 15.2. The van der Waals surface area contributed by atoms with Crippen LogP contribution < -0.4 is 15.0 Å². The standard InChI is InChI=1S/C19H24N4O3/c1-14-3-5-16(6-4-14)19(24)20-7-10-26-18-13-17(21-15(2)22-18)23-8-11-25-12-9-23/h3-6,13H,7-12H2,1-2H3,(H,20,24). The van der Waals surface area contributed by atoms with Crippen molar-refractivity contribution in [2.24, 2.45) is 0 Å². The lowest BCUT2D eigenvalue weighted by Gasteiger charge is -2.28. The smallest absolute Gasteiger partial charge is 0.251 e. The molecule has 0 atom stereocenters. The molecule has 1 fully saturated rings. The molecular weight excluding hydrogens is 332 g/mol. The first-order chi connectivity index (χ1) is 12.6. The van der Waals surface area contributed by atoms with Crippen molar-refractivity contribution in [2.45, 2.75) is 13.8 Å². The van der Waals surface area contributed by atoms with Crippen molar-refractivity contribution in [3.05, 3.63) is 47.3 Å². The Kier molecular flexibility index (Phi) is 6.01. The first-order valence-electron chi connectivity index (χ1n) is 8.78. The fraction of sp³-hybridized carbons (Fsp3) is 0.421. The van der Waals surface area contributed by atoms with E-state index in [2.05, 4.69) is 20.2 Å². The highest BCUT2D eigenvalue weighted by atomic mass is 16.5. The molecule has 0 unspecified atom stereocenters. The predicted molar refractivity (Wildman–Crippen MR) is 98.8 cm³/mol. The largest absolute Gasteiger partial charge is 0.476 e. The molecular formula is C19H24N4O3. The number of ether oxygens (including phenoxy) is 2. The number of nitrogens with one attached hydrogen (secondary N) is 1. The van der Waals surface area contributed by atoms with Crippen molar-refractivity contribution in [2.75, 3.05) is 44.4 Å². The molecule has 2 aromatic rings. The number of carbonyl (C=O) groups excluding carboxylic acids is 1. The van der Waals surface area contributed by atoms with Crippen molar-refractivity contribution < 1.29 is 14.3 Å². The zero-order valence-corrected chi connectivity index (χ0v) is 15.2. The van der Waals surface area contributed by atoms with Gasteiger partial charge in [0.2, 0.25) is 5.88 Å². The first kappa shape index (κ1) is 18.1. The van der Waals surface area contributed by atoms with Crippen LogP contribution in [-0.2, 0) is 4.74 Å². The molecule has 2 heterocycles. The van der Waals surface area contributed by atoms with E-state index in [0.717, 1.165) is 24.5 Å². The molecule has 1 amide bonds. The second kappa shape index (κ2) is 8.62. The number of hydrogen-bond acceptors (Lipinski definition) is 6. The summed E-state index contributed by atoms with van der Waals surface area (Å²) in [5.41, 5.74) is 1.77. The third-order valence-corrected chi connectivity index (χ3v) is 4.09. The van der Waals surface area contributed by atoms with Crippen LogP contribution in [0.5, 0.6) is 5.88 Å². The van der Waals surface area contributed by atoms with E-state index in [-0.39, 0.29) is 5.91 Å². The van der Waals surface area contributed by atoms with Crippen molar-refractivity contribution in [1.29, 1.82) is 0 Å². The molecule has 1 N–H and O–H groups in total. The van der Waals surface area contributed by atoms with E-state index < -0.39 is 0 Å². The monoisotopic (exact) mass is 356 g/mol. The number of nitrogens with zero attached hydrogens (tertiary/aromatic N) is 3. The molecule has 1 saturated heterocycles. The molecule has 1 aromatic carbocycles. The van der Waals surface area contributed by atoms with Gasteiger partial charge in [0.25, 0.3) is 5.91 Å². The van der Waals surface area contributed by atoms with E-state index in [1.807, 2.05) is 44.2 Å². The molecule has 7 nitrogen and oxygen atoms in total. The SMILES string of the molecule is Cc1ccc(C(=O)NCCOc2cc(N3CCOCC3)nc(C)n2)cc1. The molecule has 3 rings (SSSR count). The van der Waals surface area contributed by atoms with E-state index >= 15 is 0 Å². The summed E-state index contributed by atoms with van der Waals surface area (Å²) in [6.07, 6.45) is 0. The fourth-order valence-electron chi connectivity index (χ4n) is 2.68. The Morgan fingerprint density at radius 1 is 1.19 bits per heavy atom. The minimum absolute atomic E-state index is 0.110. The predicted octanol–water partition coefficient (Wildman–Crippen LogP) is 1.74. The van der Waals surface area contributed by atoms with Gasteiger partial charge in [-0.3, -0.25) is 4.79 Å². The molecule has 0 saturated carbocycles. The molecule has 1 aliphatic rings. The number of aryl methyl sites for hydroxylation is 2. The third-order valence-electron chi connectivity index (χ3n) is 4.09. The summed E-state index contributed by atoms with van der Waals surface area (Å²) in [4.78, 5) is 23.0. The van der Waals surface area contributed by atoms with Gasteiger partial charge in [0, 0.05) is 24.7 Å². The van der Waals surface area contributed by atoms with Crippen LogP contribution in [0, 0.1) is 13.8 Å². The van der Waals surface area contributed by atoms with Gasteiger partial charge in [-0.1, -0.05) is 17.7 Å². The van der Waals surface area contributed by atoms with Gasteiger partial charge in [-0.15, -0.1) is 0 Å². The number of hydrogen-bond donors (Lipinski definition) is 1. The normalized spacial score (nSPS) is 14.2. The second-order valence-corrected chi connectivity index (χ2v) is 6.18. The lowest BCUT2D eigenvalue weighted by atomic mass is 10.1. The zero-order chi connectivity index (χ0) is 18.4. The van der Waals surface area contributed by atoms with Gasteiger partial charge in [0.05, 0.1) is 19.8 Å². The summed E-state index contributed by atoms with van der Waals surface area (Å²) in [7, 11) is 0. The summed E-state index contributed by atoms with van der Waals surface area (Å²) in [5, 5.41) is 2.85. The van der Waals surface area contributed by atoms with Crippen LogP contribution in [0.2, 0.25) is 0 Å². The topological polar surface area (TPSA) is 76.6 Å². The maximum atomic E-state index is 12.1. The Morgan fingerprint density at radius 3 is 2.65 bits per heavy atom. The number of benzene rings is 1. The average Bonchev–Trinajstić information content (AvgIpc) is 2.66. The third kappa shape index (κ3) is 4.92. The van der Waals surface area contributed by atoms with Gasteiger partial charge in [-0.05, 0) is 26.0 Å². The molecule has 0 radical (unpaired) electrons. The minimum Gasteiger partial charge on any atom is -0.476 e. The van der Waals surface area contributed by atoms with Crippen molar-refractivity contribution >= 4 is 11.7 Å². The van der Waals surface area contributed by atoms with Crippen LogP contribution in [0.4, 0.5) is 5.82 Å². The number of rotatable bonds is 6. The summed E-state index contributed by atoms with van der Waals surface area (Å²) in [6, 6.07) is 9.30. The molecule has 1 aliphatic heterocycles. The molecule has 1 aromatic heterocycles. The average molecular weight is 356 g/mol. The van der Waals surface area contributed by atoms with Gasteiger partial charge in [-0.25, -0.2) is 4.98 Å². The maximum absolute atomic E-state index is 12.1. The van der Waals surface area contributed by atoms with E-state index in [1.54, 1.807) is 0 Å². The highest BCUT2D eigenvalue weighted by molar-refractivity contribution is 5.94. The van der Waals surface area contributed by atoms with Gasteiger partial charge >= 0.3 is 0 Å². The Bertz CT molecular complexity index is 743. The van der Waals surface area contributed by atoms with Crippen LogP contribution in [0.15, 0.2) is 30.3 Å². The van der Waals surface area contributed by atoms with Crippen LogP contribution in [0.25, 0.3) is 0 Å². The lowest BCUT2D eigenvalue weighted by Crippen LogP contribution is -2.37. The van der Waals surface area contributed by atoms with Crippen LogP contribution in [-0.4, -0.2) is 55.3 Å². The Balaban J connectivity index is 1.50. The lowest BCUT2D eigenvalue weighted by molar-refractivity contribution is 0.0946. The quantitative estimate of drug-likeness (QED) is 0.795. The molecule has 26 heavy (non-hydrogen) atoms. The van der Waals surface area contributed by atoms with Gasteiger partial charge in [0.15, 0.2) is 0 Å². The van der Waals surface area contributed by atoms with Crippen LogP contribution in [0.1, 0.15) is 21.7 Å². The van der Waals surface area contributed by atoms with Crippen molar-refractivity contribution in [3.8, 4) is 5.88 Å². The van der Waals surface area contributed by atoms with E-state index in [1.165, 1.54) is 0 Å². The molecule has 7 heteroatoms. The first-order valence-corrected chi connectivity index (χ1v) is 8.78. The van der Waals surface area contributed by atoms with E-state index in [9.17, 15) is 4.79 Å². The highest BCUT2D eigenvalue weighted by Gasteiger charge is 2.14. The van der Waals surface area contributed by atoms with E-state index in [0.29, 0.717) is 43.6 Å². The molecule has 0 spiro atoms. The number of amides is 1. The van der Waals surface area contributed by atoms with Crippen LogP contribution >= 0.6 is 0 Å². The Hall–Kier alpha value is -2.67. The Morgan fingerprint density at radius 2 is 1.92 bits per heavy atom. The summed E-state index contributed by atoms with van der Waals surface area (Å²) in [5.74, 6) is 1.91.